The van der Waals surface area contributed by atoms with Gasteiger partial charge in [0.2, 0.25) is 0 Å². The maximum absolute atomic E-state index is 5.27. The number of hydrogen-bond acceptors (Lipinski definition) is 3. The van der Waals surface area contributed by atoms with Crippen molar-refractivity contribution in [2.24, 2.45) is 10.8 Å². The van der Waals surface area contributed by atoms with E-state index in [1.165, 1.54) is 48.2 Å². The lowest BCUT2D eigenvalue weighted by atomic mass is 9.70. The Hall–Kier alpha value is -1.23. The predicted molar refractivity (Wildman–Crippen MR) is 128 cm³/mol. The van der Waals surface area contributed by atoms with Crippen LogP contribution in [0.15, 0.2) is 12.4 Å². The minimum absolute atomic E-state index is 0.0377. The molecule has 0 spiro atoms. The Balaban J connectivity index is 1.46. The Morgan fingerprint density at radius 1 is 0.839 bits per heavy atom. The van der Waals surface area contributed by atoms with Crippen LogP contribution in [0.4, 0.5) is 0 Å². The highest BCUT2D eigenvalue weighted by Crippen LogP contribution is 2.68. The van der Waals surface area contributed by atoms with E-state index in [9.17, 15) is 0 Å². The van der Waals surface area contributed by atoms with Gasteiger partial charge < -0.3 is 0 Å². The molecule has 0 amide bonds. The summed E-state index contributed by atoms with van der Waals surface area (Å²) in [5.74, 6) is 1.23. The molecular formula is C26H38N4S. The van der Waals surface area contributed by atoms with Crippen molar-refractivity contribution in [2.45, 2.75) is 115 Å². The fourth-order valence-electron chi connectivity index (χ4n) is 8.14. The van der Waals surface area contributed by atoms with Crippen molar-refractivity contribution in [1.82, 2.24) is 19.6 Å². The van der Waals surface area contributed by atoms with Gasteiger partial charge >= 0.3 is 0 Å². The molecule has 4 aliphatic rings. The summed E-state index contributed by atoms with van der Waals surface area (Å²) in [4.78, 5) is 0. The average molecular weight is 439 g/mol. The third kappa shape index (κ3) is 2.11. The summed E-state index contributed by atoms with van der Waals surface area (Å²) in [7, 11) is 0. The van der Waals surface area contributed by atoms with Gasteiger partial charge in [-0.05, 0) is 73.3 Å². The highest BCUT2D eigenvalue weighted by Gasteiger charge is 2.63. The van der Waals surface area contributed by atoms with Crippen LogP contribution >= 0.6 is 12.6 Å². The lowest BCUT2D eigenvalue weighted by molar-refractivity contribution is 0.210. The SMILES string of the molecule is CC(C)(S)C(n1cc2c(n1)[C@]1(C)CC[C@H]2C1(C)C)n1cc2c(n1)[C@]1(C)CC[C@H]2C1(C)C. The largest absolute Gasteiger partial charge is 0.246 e. The lowest BCUT2D eigenvalue weighted by Gasteiger charge is -2.36. The molecule has 4 bridgehead atoms. The van der Waals surface area contributed by atoms with Gasteiger partial charge in [0, 0.05) is 28.0 Å². The third-order valence-corrected chi connectivity index (χ3v) is 11.1. The molecule has 2 heterocycles. The zero-order valence-electron chi connectivity index (χ0n) is 20.5. The van der Waals surface area contributed by atoms with Crippen molar-refractivity contribution in [2.75, 3.05) is 0 Å². The van der Waals surface area contributed by atoms with Gasteiger partial charge in [0.1, 0.15) is 0 Å². The molecule has 6 rings (SSSR count). The molecule has 0 unspecified atom stereocenters. The second-order valence-electron chi connectivity index (χ2n) is 13.1. The number of hydrogen-bond donors (Lipinski definition) is 1. The van der Waals surface area contributed by atoms with Gasteiger partial charge in [-0.1, -0.05) is 41.5 Å². The van der Waals surface area contributed by atoms with Gasteiger partial charge in [0.05, 0.1) is 11.4 Å². The molecular weight excluding hydrogens is 400 g/mol. The molecule has 168 valence electrons. The van der Waals surface area contributed by atoms with Crippen molar-refractivity contribution in [1.29, 1.82) is 0 Å². The van der Waals surface area contributed by atoms with E-state index in [4.69, 9.17) is 22.8 Å². The second kappa shape index (κ2) is 5.46. The second-order valence-corrected chi connectivity index (χ2v) is 14.3. The van der Waals surface area contributed by atoms with Crippen LogP contribution in [-0.2, 0) is 10.8 Å². The molecule has 4 nitrogen and oxygen atoms in total. The quantitative estimate of drug-likeness (QED) is 0.580. The third-order valence-electron chi connectivity index (χ3n) is 10.9. The molecule has 31 heavy (non-hydrogen) atoms. The molecule has 4 aliphatic carbocycles. The summed E-state index contributed by atoms with van der Waals surface area (Å²) in [6, 6.07) is 0. The molecule has 2 aromatic rings. The molecule has 4 atom stereocenters. The number of fused-ring (bicyclic) bond motifs is 10. The molecule has 0 N–H and O–H groups in total. The van der Waals surface area contributed by atoms with E-state index < -0.39 is 0 Å². The van der Waals surface area contributed by atoms with Crippen molar-refractivity contribution < 1.29 is 0 Å². The molecule has 0 radical (unpaired) electrons. The topological polar surface area (TPSA) is 35.6 Å². The van der Waals surface area contributed by atoms with Crippen molar-refractivity contribution in [3.05, 3.63) is 34.9 Å². The number of nitrogens with zero attached hydrogens (tertiary/aromatic N) is 4. The summed E-state index contributed by atoms with van der Waals surface area (Å²) in [6.45, 7) is 19.0. The van der Waals surface area contributed by atoms with Crippen molar-refractivity contribution in [3.63, 3.8) is 0 Å². The number of rotatable bonds is 3. The molecule has 0 aromatic carbocycles. The minimum atomic E-state index is -0.287. The Morgan fingerprint density at radius 2 is 1.23 bits per heavy atom. The van der Waals surface area contributed by atoms with Crippen LogP contribution in [0.1, 0.15) is 122 Å². The smallest absolute Gasteiger partial charge is 0.157 e. The first-order valence-corrected chi connectivity index (χ1v) is 12.6. The van der Waals surface area contributed by atoms with Gasteiger partial charge in [-0.15, -0.1) is 0 Å². The Morgan fingerprint density at radius 3 is 1.55 bits per heavy atom. The standard InChI is InChI=1S/C26H38N4S/c1-22(2)17-9-11-25(22,7)19-15(17)13-29(27-19)21(24(5,6)31)30-14-16-18-10-12-26(8,20(16)28-30)23(18,3)4/h13-14,17-18,21,31H,9-12H2,1-8H3/t17-,18-,25+,26+/m1/s1. The number of aromatic nitrogens is 4. The first kappa shape index (κ1) is 20.4. The van der Waals surface area contributed by atoms with E-state index in [0.29, 0.717) is 22.7 Å². The van der Waals surface area contributed by atoms with Crippen LogP contribution in [0, 0.1) is 10.8 Å². The molecule has 2 saturated carbocycles. The van der Waals surface area contributed by atoms with E-state index in [2.05, 4.69) is 77.1 Å². The lowest BCUT2D eigenvalue weighted by Crippen LogP contribution is -2.38. The molecule has 0 saturated heterocycles. The van der Waals surface area contributed by atoms with Gasteiger partial charge in [0.15, 0.2) is 6.17 Å². The maximum Gasteiger partial charge on any atom is 0.157 e. The minimum Gasteiger partial charge on any atom is -0.246 e. The van der Waals surface area contributed by atoms with Crippen molar-refractivity contribution in [3.8, 4) is 0 Å². The van der Waals surface area contributed by atoms with Crippen LogP contribution in [0.25, 0.3) is 0 Å². The summed E-state index contributed by atoms with van der Waals surface area (Å²) in [5.41, 5.74) is 6.51. The van der Waals surface area contributed by atoms with E-state index in [1.807, 2.05) is 0 Å². The molecule has 2 fully saturated rings. The molecule has 5 heteroatoms. The summed E-state index contributed by atoms with van der Waals surface area (Å²) in [6.07, 6.45) is 9.68. The first-order chi connectivity index (χ1) is 14.2. The van der Waals surface area contributed by atoms with Crippen LogP contribution < -0.4 is 0 Å². The van der Waals surface area contributed by atoms with E-state index in [1.54, 1.807) is 0 Å². The molecule has 2 aromatic heterocycles. The normalized spacial score (nSPS) is 36.5. The van der Waals surface area contributed by atoms with Gasteiger partial charge in [-0.2, -0.15) is 22.8 Å². The highest BCUT2D eigenvalue weighted by atomic mass is 32.1. The van der Waals surface area contributed by atoms with E-state index >= 15 is 0 Å². The van der Waals surface area contributed by atoms with Crippen LogP contribution in [-0.4, -0.2) is 24.3 Å². The van der Waals surface area contributed by atoms with Gasteiger partial charge in [0.25, 0.3) is 0 Å². The van der Waals surface area contributed by atoms with E-state index in [-0.39, 0.29) is 21.7 Å². The zero-order valence-corrected chi connectivity index (χ0v) is 21.3. The van der Waals surface area contributed by atoms with E-state index in [0.717, 1.165) is 0 Å². The summed E-state index contributed by atoms with van der Waals surface area (Å²) in [5, 5.41) is 10.5. The van der Waals surface area contributed by atoms with Crippen LogP contribution in [0.3, 0.4) is 0 Å². The van der Waals surface area contributed by atoms with Crippen molar-refractivity contribution >= 4 is 12.6 Å². The first-order valence-electron chi connectivity index (χ1n) is 12.1. The average Bonchev–Trinajstić information content (AvgIpc) is 3.39. The monoisotopic (exact) mass is 438 g/mol. The maximum atomic E-state index is 5.27. The van der Waals surface area contributed by atoms with Gasteiger partial charge in [-0.25, -0.2) is 9.36 Å². The highest BCUT2D eigenvalue weighted by molar-refractivity contribution is 7.81. The Bertz CT molecular complexity index is 1020. The fourth-order valence-corrected chi connectivity index (χ4v) is 8.37. The fraction of sp³-hybridized carbons (Fsp3) is 0.769. The summed E-state index contributed by atoms with van der Waals surface area (Å²) < 4.78 is 4.10. The molecule has 0 aliphatic heterocycles. The number of thiol groups is 1. The summed E-state index contributed by atoms with van der Waals surface area (Å²) >= 11 is 5.06. The zero-order chi connectivity index (χ0) is 22.4. The predicted octanol–water partition coefficient (Wildman–Crippen LogP) is 6.18. The van der Waals surface area contributed by atoms with Gasteiger partial charge in [-0.3, -0.25) is 0 Å². The Kier molecular flexibility index (Phi) is 3.59. The Labute approximate surface area is 192 Å². The van der Waals surface area contributed by atoms with Crippen LogP contribution in [0.2, 0.25) is 0 Å². The van der Waals surface area contributed by atoms with Crippen LogP contribution in [0.5, 0.6) is 0 Å².